The lowest BCUT2D eigenvalue weighted by Crippen LogP contribution is -2.06. The molecule has 0 amide bonds. The summed E-state index contributed by atoms with van der Waals surface area (Å²) >= 11 is 0. The largest absolute Gasteiger partial charge is 0.463 e. The topological polar surface area (TPSA) is 51.5 Å². The number of anilines is 1. The van der Waals surface area contributed by atoms with Crippen LogP contribution in [0.4, 0.5) is 5.69 Å². The van der Waals surface area contributed by atoms with Crippen LogP contribution in [0.15, 0.2) is 40.8 Å². The van der Waals surface area contributed by atoms with E-state index >= 15 is 0 Å². The normalized spacial score (nSPS) is 11.9. The summed E-state index contributed by atoms with van der Waals surface area (Å²) in [5.74, 6) is 0.453. The summed E-state index contributed by atoms with van der Waals surface area (Å²) in [6.45, 7) is 4.02. The summed E-state index contributed by atoms with van der Waals surface area (Å²) in [7, 11) is 1.33. The Hall–Kier alpha value is -2.23. The van der Waals surface area contributed by atoms with Gasteiger partial charge in [0.2, 0.25) is 5.76 Å². The van der Waals surface area contributed by atoms with E-state index in [0.29, 0.717) is 5.76 Å². The highest BCUT2D eigenvalue weighted by molar-refractivity contribution is 5.86. The van der Waals surface area contributed by atoms with Crippen molar-refractivity contribution in [3.8, 4) is 0 Å². The smallest absolute Gasteiger partial charge is 0.373 e. The third-order valence-electron chi connectivity index (χ3n) is 2.96. The van der Waals surface area contributed by atoms with Crippen molar-refractivity contribution in [2.75, 3.05) is 12.4 Å². The number of methoxy groups -OCH3 is 1. The molecule has 19 heavy (non-hydrogen) atoms. The Morgan fingerprint density at radius 1 is 1.26 bits per heavy atom. The first-order chi connectivity index (χ1) is 9.11. The third-order valence-corrected chi connectivity index (χ3v) is 2.96. The van der Waals surface area contributed by atoms with Crippen molar-refractivity contribution in [1.29, 1.82) is 0 Å². The first kappa shape index (κ1) is 13.2. The summed E-state index contributed by atoms with van der Waals surface area (Å²) in [5, 5.41) is 3.35. The van der Waals surface area contributed by atoms with E-state index in [4.69, 9.17) is 4.42 Å². The number of carbonyl (C=O) groups is 1. The Bertz CT molecular complexity index is 574. The second-order valence-electron chi connectivity index (χ2n) is 4.37. The molecule has 1 aromatic heterocycles. The average Bonchev–Trinajstić information content (AvgIpc) is 2.90. The number of carbonyl (C=O) groups excluding carboxylic acids is 1. The van der Waals surface area contributed by atoms with Crippen LogP contribution in [0.3, 0.4) is 0 Å². The molecule has 0 radical (unpaired) electrons. The van der Waals surface area contributed by atoms with Crippen LogP contribution in [0, 0.1) is 6.92 Å². The maximum absolute atomic E-state index is 11.3. The van der Waals surface area contributed by atoms with Gasteiger partial charge in [0.05, 0.1) is 13.2 Å². The van der Waals surface area contributed by atoms with E-state index in [1.165, 1.54) is 7.11 Å². The molecule has 2 aromatic rings. The van der Waals surface area contributed by atoms with Gasteiger partial charge in [0.1, 0.15) is 5.76 Å². The summed E-state index contributed by atoms with van der Waals surface area (Å²) < 4.78 is 10.1. The van der Waals surface area contributed by atoms with Gasteiger partial charge in [0, 0.05) is 5.69 Å². The zero-order chi connectivity index (χ0) is 13.8. The number of ether oxygens (including phenoxy) is 1. The molecule has 0 saturated carbocycles. The SMILES string of the molecule is COC(=O)c1ccc(C(C)Nc2ccccc2C)o1. The molecule has 1 unspecified atom stereocenters. The monoisotopic (exact) mass is 259 g/mol. The third kappa shape index (κ3) is 2.96. The molecule has 0 spiro atoms. The quantitative estimate of drug-likeness (QED) is 0.853. The molecule has 0 aliphatic heterocycles. The first-order valence-electron chi connectivity index (χ1n) is 6.12. The number of hydrogen-bond donors (Lipinski definition) is 1. The Kier molecular flexibility index (Phi) is 3.90. The summed E-state index contributed by atoms with van der Waals surface area (Å²) in [6, 6.07) is 11.4. The number of nitrogens with one attached hydrogen (secondary N) is 1. The van der Waals surface area contributed by atoms with Crippen molar-refractivity contribution < 1.29 is 13.9 Å². The number of para-hydroxylation sites is 1. The number of furan rings is 1. The maximum atomic E-state index is 11.3. The minimum Gasteiger partial charge on any atom is -0.463 e. The Labute approximate surface area is 112 Å². The lowest BCUT2D eigenvalue weighted by molar-refractivity contribution is 0.0562. The molecular weight excluding hydrogens is 242 g/mol. The molecule has 1 atom stereocenters. The van der Waals surface area contributed by atoms with E-state index in [0.717, 1.165) is 11.3 Å². The minimum atomic E-state index is -0.464. The number of esters is 1. The standard InChI is InChI=1S/C15H17NO3/c1-10-6-4-5-7-12(10)16-11(2)13-8-9-14(19-13)15(17)18-3/h4-9,11,16H,1-3H3. The fourth-order valence-corrected chi connectivity index (χ4v) is 1.84. The summed E-state index contributed by atoms with van der Waals surface area (Å²) in [4.78, 5) is 11.3. The molecule has 0 aliphatic carbocycles. The predicted molar refractivity (Wildman–Crippen MR) is 73.3 cm³/mol. The van der Waals surface area contributed by atoms with Crippen molar-refractivity contribution in [3.05, 3.63) is 53.5 Å². The molecule has 0 fully saturated rings. The van der Waals surface area contributed by atoms with Gasteiger partial charge in [-0.05, 0) is 37.6 Å². The van der Waals surface area contributed by atoms with Crippen molar-refractivity contribution in [1.82, 2.24) is 0 Å². The first-order valence-corrected chi connectivity index (χ1v) is 6.12. The van der Waals surface area contributed by atoms with Gasteiger partial charge in [-0.3, -0.25) is 0 Å². The second kappa shape index (κ2) is 5.61. The fraction of sp³-hybridized carbons (Fsp3) is 0.267. The second-order valence-corrected chi connectivity index (χ2v) is 4.37. The Balaban J connectivity index is 2.12. The van der Waals surface area contributed by atoms with Crippen LogP contribution < -0.4 is 5.32 Å². The van der Waals surface area contributed by atoms with E-state index in [1.54, 1.807) is 12.1 Å². The lowest BCUT2D eigenvalue weighted by Gasteiger charge is -2.14. The molecule has 1 heterocycles. The van der Waals surface area contributed by atoms with Gasteiger partial charge in [-0.15, -0.1) is 0 Å². The van der Waals surface area contributed by atoms with Crippen LogP contribution in [0.2, 0.25) is 0 Å². The average molecular weight is 259 g/mol. The van der Waals surface area contributed by atoms with Crippen LogP contribution in [0.25, 0.3) is 0 Å². The van der Waals surface area contributed by atoms with Crippen molar-refractivity contribution in [3.63, 3.8) is 0 Å². The van der Waals surface area contributed by atoms with Gasteiger partial charge in [-0.25, -0.2) is 4.79 Å². The Morgan fingerprint density at radius 3 is 2.68 bits per heavy atom. The molecule has 0 aliphatic rings. The van der Waals surface area contributed by atoms with Crippen LogP contribution >= 0.6 is 0 Å². The summed E-state index contributed by atoms with van der Waals surface area (Å²) in [6.07, 6.45) is 0. The van der Waals surface area contributed by atoms with Crippen molar-refractivity contribution >= 4 is 11.7 Å². The molecule has 2 rings (SSSR count). The minimum absolute atomic E-state index is 0.0282. The molecule has 4 nitrogen and oxygen atoms in total. The van der Waals surface area contributed by atoms with Crippen molar-refractivity contribution in [2.24, 2.45) is 0 Å². The molecule has 0 bridgehead atoms. The molecule has 4 heteroatoms. The van der Waals surface area contributed by atoms with Crippen LogP contribution in [0.1, 0.15) is 34.8 Å². The highest BCUT2D eigenvalue weighted by Crippen LogP contribution is 2.23. The molecule has 1 aromatic carbocycles. The van der Waals surface area contributed by atoms with Crippen LogP contribution in [0.5, 0.6) is 0 Å². The van der Waals surface area contributed by atoms with Gasteiger partial charge < -0.3 is 14.5 Å². The predicted octanol–water partition coefficient (Wildman–Crippen LogP) is 3.55. The maximum Gasteiger partial charge on any atom is 0.373 e. The van der Waals surface area contributed by atoms with Gasteiger partial charge in [-0.1, -0.05) is 18.2 Å². The van der Waals surface area contributed by atoms with E-state index in [1.807, 2.05) is 38.1 Å². The Morgan fingerprint density at radius 2 is 2.00 bits per heavy atom. The molecular formula is C15H17NO3. The van der Waals surface area contributed by atoms with Gasteiger partial charge in [0.15, 0.2) is 0 Å². The highest BCUT2D eigenvalue weighted by Gasteiger charge is 2.15. The van der Waals surface area contributed by atoms with Crippen molar-refractivity contribution in [2.45, 2.75) is 19.9 Å². The van der Waals surface area contributed by atoms with E-state index < -0.39 is 5.97 Å². The van der Waals surface area contributed by atoms with Gasteiger partial charge in [0.25, 0.3) is 0 Å². The van der Waals surface area contributed by atoms with Gasteiger partial charge >= 0.3 is 5.97 Å². The molecule has 100 valence electrons. The highest BCUT2D eigenvalue weighted by atomic mass is 16.5. The summed E-state index contributed by atoms with van der Waals surface area (Å²) in [5.41, 5.74) is 2.21. The van der Waals surface area contributed by atoms with Crippen LogP contribution in [-0.2, 0) is 4.74 Å². The zero-order valence-corrected chi connectivity index (χ0v) is 11.3. The molecule has 0 saturated heterocycles. The molecule has 1 N–H and O–H groups in total. The zero-order valence-electron chi connectivity index (χ0n) is 11.3. The van der Waals surface area contributed by atoms with E-state index in [-0.39, 0.29) is 11.8 Å². The van der Waals surface area contributed by atoms with Gasteiger partial charge in [-0.2, -0.15) is 0 Å². The lowest BCUT2D eigenvalue weighted by atomic mass is 10.1. The number of hydrogen-bond acceptors (Lipinski definition) is 4. The van der Waals surface area contributed by atoms with Crippen LogP contribution in [-0.4, -0.2) is 13.1 Å². The number of benzene rings is 1. The van der Waals surface area contributed by atoms with E-state index in [2.05, 4.69) is 10.1 Å². The number of aryl methyl sites for hydroxylation is 1. The number of rotatable bonds is 4. The van der Waals surface area contributed by atoms with E-state index in [9.17, 15) is 4.79 Å². The fourth-order valence-electron chi connectivity index (χ4n) is 1.84.